The quantitative estimate of drug-likeness (QED) is 0.164. The highest BCUT2D eigenvalue weighted by Crippen LogP contribution is 2.50. The average molecular weight is 469 g/mol. The van der Waals surface area contributed by atoms with E-state index in [4.69, 9.17) is 14.2 Å². The highest BCUT2D eigenvalue weighted by atomic mass is 16.7. The van der Waals surface area contributed by atoms with Crippen LogP contribution in [0, 0.1) is 11.8 Å². The van der Waals surface area contributed by atoms with Crippen LogP contribution in [0.25, 0.3) is 0 Å². The summed E-state index contributed by atoms with van der Waals surface area (Å²) in [6, 6.07) is 0. The lowest BCUT2D eigenvalue weighted by molar-refractivity contribution is -0.188. The molecule has 0 amide bonds. The maximum absolute atomic E-state index is 11.9. The van der Waals surface area contributed by atoms with Gasteiger partial charge >= 0.3 is 5.97 Å². The zero-order valence-electron chi connectivity index (χ0n) is 21.7. The summed E-state index contributed by atoms with van der Waals surface area (Å²) in [5.74, 6) is 0.633. The molecule has 1 heterocycles. The maximum Gasteiger partial charge on any atom is 0.305 e. The fraction of sp³-hybridized carbons (Fsp3) is 0.964. The number of aliphatic hydroxyl groups is 1. The first-order valence-corrected chi connectivity index (χ1v) is 14.2. The van der Waals surface area contributed by atoms with Crippen LogP contribution in [0.5, 0.6) is 0 Å². The van der Waals surface area contributed by atoms with Crippen LogP contribution in [0.15, 0.2) is 0 Å². The van der Waals surface area contributed by atoms with E-state index in [-0.39, 0.29) is 17.9 Å². The lowest BCUT2D eigenvalue weighted by Crippen LogP contribution is -2.36. The topological polar surface area (TPSA) is 65.0 Å². The highest BCUT2D eigenvalue weighted by Gasteiger charge is 2.51. The molecule has 5 heteroatoms. The predicted octanol–water partition coefficient (Wildman–Crippen LogP) is 6.94. The van der Waals surface area contributed by atoms with E-state index in [2.05, 4.69) is 13.8 Å². The number of carbonyl (C=O) groups is 1. The third kappa shape index (κ3) is 10.7. The summed E-state index contributed by atoms with van der Waals surface area (Å²) in [6.45, 7) is 6.40. The number of hydrogen-bond donors (Lipinski definition) is 1. The highest BCUT2D eigenvalue weighted by molar-refractivity contribution is 5.69. The van der Waals surface area contributed by atoms with E-state index in [1.165, 1.54) is 25.7 Å². The molecule has 0 bridgehead atoms. The third-order valence-corrected chi connectivity index (χ3v) is 7.69. The van der Waals surface area contributed by atoms with Crippen molar-refractivity contribution in [2.75, 3.05) is 19.8 Å². The standard InChI is InChI=1S/C28H52O5/c1-3-5-7-13-21-31-27(30)16-12-9-8-11-15-26-24(17-18-25(29)14-10-6-4-2)19-20-28(26)32-22-23-33-28/h24-26,29H,3-23H2,1-2H3/t24-,25-,26+/m0/s1. The van der Waals surface area contributed by atoms with E-state index in [0.29, 0.717) is 38.1 Å². The normalized spacial score (nSPS) is 22.8. The van der Waals surface area contributed by atoms with Gasteiger partial charge in [0.05, 0.1) is 25.9 Å². The SMILES string of the molecule is CCCCCCOC(=O)CCCCCC[C@@H]1[C@@H](CC[C@@H](O)CCCCC)CCC12OCCO2. The number of aliphatic hydroxyl groups excluding tert-OH is 1. The summed E-state index contributed by atoms with van der Waals surface area (Å²) < 4.78 is 17.7. The van der Waals surface area contributed by atoms with E-state index in [1.54, 1.807) is 0 Å². The van der Waals surface area contributed by atoms with E-state index in [1.807, 2.05) is 0 Å². The fourth-order valence-corrected chi connectivity index (χ4v) is 5.72. The summed E-state index contributed by atoms with van der Waals surface area (Å²) in [7, 11) is 0. The largest absolute Gasteiger partial charge is 0.466 e. The molecule has 0 aromatic carbocycles. The minimum absolute atomic E-state index is 0.0356. The zero-order chi connectivity index (χ0) is 23.8. The van der Waals surface area contributed by atoms with Crippen LogP contribution in [0.4, 0.5) is 0 Å². The first kappa shape index (κ1) is 28.6. The van der Waals surface area contributed by atoms with Gasteiger partial charge in [-0.1, -0.05) is 71.6 Å². The van der Waals surface area contributed by atoms with Gasteiger partial charge in [0.1, 0.15) is 0 Å². The van der Waals surface area contributed by atoms with Gasteiger partial charge in [0.2, 0.25) is 0 Å². The molecule has 1 aliphatic carbocycles. The molecule has 1 spiro atoms. The monoisotopic (exact) mass is 468 g/mol. The molecular weight excluding hydrogens is 416 g/mol. The van der Waals surface area contributed by atoms with Crippen LogP contribution >= 0.6 is 0 Å². The van der Waals surface area contributed by atoms with Crippen LogP contribution in [0.2, 0.25) is 0 Å². The molecular formula is C28H52O5. The molecule has 33 heavy (non-hydrogen) atoms. The smallest absolute Gasteiger partial charge is 0.305 e. The summed E-state index contributed by atoms with van der Waals surface area (Å²) >= 11 is 0. The Morgan fingerprint density at radius 1 is 0.909 bits per heavy atom. The number of rotatable bonds is 19. The van der Waals surface area contributed by atoms with Gasteiger partial charge in [0.25, 0.3) is 0 Å². The Kier molecular flexibility index (Phi) is 14.6. The number of ether oxygens (including phenoxy) is 3. The zero-order valence-corrected chi connectivity index (χ0v) is 21.7. The second-order valence-corrected chi connectivity index (χ2v) is 10.4. The lowest BCUT2D eigenvalue weighted by atomic mass is 9.84. The minimum Gasteiger partial charge on any atom is -0.466 e. The minimum atomic E-state index is -0.362. The van der Waals surface area contributed by atoms with Crippen LogP contribution in [-0.2, 0) is 19.0 Å². The molecule has 2 fully saturated rings. The molecule has 2 aliphatic rings. The second kappa shape index (κ2) is 16.9. The molecule has 5 nitrogen and oxygen atoms in total. The molecule has 3 atom stereocenters. The van der Waals surface area contributed by atoms with Gasteiger partial charge in [-0.2, -0.15) is 0 Å². The Labute approximate surface area is 203 Å². The Morgan fingerprint density at radius 3 is 2.36 bits per heavy atom. The Morgan fingerprint density at radius 2 is 1.61 bits per heavy atom. The molecule has 0 aromatic rings. The molecule has 1 saturated heterocycles. The number of hydrogen-bond acceptors (Lipinski definition) is 5. The van der Waals surface area contributed by atoms with Crippen LogP contribution in [0.3, 0.4) is 0 Å². The predicted molar refractivity (Wildman–Crippen MR) is 133 cm³/mol. The third-order valence-electron chi connectivity index (χ3n) is 7.69. The summed E-state index contributed by atoms with van der Waals surface area (Å²) in [5, 5.41) is 10.4. The van der Waals surface area contributed by atoms with E-state index < -0.39 is 0 Å². The van der Waals surface area contributed by atoms with Gasteiger partial charge in [0.15, 0.2) is 5.79 Å². The molecule has 1 saturated carbocycles. The summed E-state index contributed by atoms with van der Waals surface area (Å²) in [4.78, 5) is 11.9. The van der Waals surface area contributed by atoms with E-state index in [0.717, 1.165) is 83.5 Å². The van der Waals surface area contributed by atoms with Crippen molar-refractivity contribution >= 4 is 5.97 Å². The number of carbonyl (C=O) groups excluding carboxylic acids is 1. The lowest BCUT2D eigenvalue weighted by Gasteiger charge is -2.32. The Hall–Kier alpha value is -0.650. The maximum atomic E-state index is 11.9. The molecule has 1 N–H and O–H groups in total. The van der Waals surface area contributed by atoms with Crippen LogP contribution in [-0.4, -0.2) is 42.8 Å². The number of unbranched alkanes of at least 4 members (excludes halogenated alkanes) is 8. The number of esters is 1. The van der Waals surface area contributed by atoms with Crippen molar-refractivity contribution in [2.24, 2.45) is 11.8 Å². The fourth-order valence-electron chi connectivity index (χ4n) is 5.72. The molecule has 2 rings (SSSR count). The van der Waals surface area contributed by atoms with Crippen molar-refractivity contribution in [3.05, 3.63) is 0 Å². The second-order valence-electron chi connectivity index (χ2n) is 10.4. The van der Waals surface area contributed by atoms with Crippen LogP contribution < -0.4 is 0 Å². The summed E-state index contributed by atoms with van der Waals surface area (Å²) in [5.41, 5.74) is 0. The molecule has 0 aromatic heterocycles. The van der Waals surface area contributed by atoms with Gasteiger partial charge in [-0.05, 0) is 50.9 Å². The molecule has 0 radical (unpaired) electrons. The molecule has 0 unspecified atom stereocenters. The Bertz CT molecular complexity index is 503. The van der Waals surface area contributed by atoms with Crippen molar-refractivity contribution in [2.45, 2.75) is 141 Å². The van der Waals surface area contributed by atoms with Crippen molar-refractivity contribution < 1.29 is 24.1 Å². The van der Waals surface area contributed by atoms with E-state index in [9.17, 15) is 9.90 Å². The molecule has 1 aliphatic heterocycles. The van der Waals surface area contributed by atoms with Gasteiger partial charge in [-0.25, -0.2) is 0 Å². The van der Waals surface area contributed by atoms with Gasteiger partial charge < -0.3 is 19.3 Å². The Balaban J connectivity index is 1.63. The van der Waals surface area contributed by atoms with E-state index >= 15 is 0 Å². The van der Waals surface area contributed by atoms with Crippen molar-refractivity contribution in [3.63, 3.8) is 0 Å². The van der Waals surface area contributed by atoms with Gasteiger partial charge in [-0.3, -0.25) is 4.79 Å². The average Bonchev–Trinajstić information content (AvgIpc) is 3.42. The van der Waals surface area contributed by atoms with Gasteiger partial charge in [-0.15, -0.1) is 0 Å². The summed E-state index contributed by atoms with van der Waals surface area (Å²) in [6.07, 6.45) is 19.0. The first-order chi connectivity index (χ1) is 16.1. The van der Waals surface area contributed by atoms with Crippen molar-refractivity contribution in [1.82, 2.24) is 0 Å². The van der Waals surface area contributed by atoms with Crippen LogP contribution in [0.1, 0.15) is 129 Å². The molecule has 194 valence electrons. The van der Waals surface area contributed by atoms with Gasteiger partial charge in [0, 0.05) is 18.8 Å². The van der Waals surface area contributed by atoms with Crippen molar-refractivity contribution in [3.8, 4) is 0 Å². The first-order valence-electron chi connectivity index (χ1n) is 14.2. The van der Waals surface area contributed by atoms with Crippen molar-refractivity contribution in [1.29, 1.82) is 0 Å².